The molecule has 8 heteroatoms. The largest absolute Gasteiger partial charge is 0.484 e. The van der Waals surface area contributed by atoms with E-state index in [1.807, 2.05) is 43.3 Å². The van der Waals surface area contributed by atoms with Gasteiger partial charge in [-0.25, -0.2) is 9.59 Å². The lowest BCUT2D eigenvalue weighted by molar-refractivity contribution is -0.118. The maximum absolute atomic E-state index is 12.6. The Hall–Kier alpha value is -3.65. The van der Waals surface area contributed by atoms with Crippen molar-refractivity contribution in [2.75, 3.05) is 25.1 Å². The molecular formula is C26H27NO6S. The molecule has 0 atom stereocenters. The number of rotatable bonds is 9. The van der Waals surface area contributed by atoms with E-state index >= 15 is 0 Å². The second kappa shape index (κ2) is 11.5. The Morgan fingerprint density at radius 1 is 0.824 bits per heavy atom. The van der Waals surface area contributed by atoms with Gasteiger partial charge in [-0.1, -0.05) is 42.0 Å². The Morgan fingerprint density at radius 2 is 1.38 bits per heavy atom. The van der Waals surface area contributed by atoms with Gasteiger partial charge in [-0.2, -0.15) is 0 Å². The van der Waals surface area contributed by atoms with Gasteiger partial charge in [0.1, 0.15) is 15.6 Å². The second-order valence-electron chi connectivity index (χ2n) is 7.43. The van der Waals surface area contributed by atoms with E-state index in [9.17, 15) is 14.4 Å². The van der Waals surface area contributed by atoms with E-state index in [-0.39, 0.29) is 35.3 Å². The molecule has 1 N–H and O–H groups in total. The zero-order valence-corrected chi connectivity index (χ0v) is 20.4. The van der Waals surface area contributed by atoms with E-state index in [0.29, 0.717) is 11.3 Å². The maximum atomic E-state index is 12.6. The average molecular weight is 482 g/mol. The van der Waals surface area contributed by atoms with Crippen molar-refractivity contribution in [2.24, 2.45) is 0 Å². The Bertz CT molecular complexity index is 1170. The van der Waals surface area contributed by atoms with Crippen LogP contribution in [0, 0.1) is 13.8 Å². The highest BCUT2D eigenvalue weighted by Crippen LogP contribution is 2.34. The predicted octanol–water partition coefficient (Wildman–Crippen LogP) is 5.40. The van der Waals surface area contributed by atoms with E-state index in [1.165, 1.54) is 5.56 Å². The smallest absolute Gasteiger partial charge is 0.348 e. The van der Waals surface area contributed by atoms with Gasteiger partial charge in [0.25, 0.3) is 5.91 Å². The van der Waals surface area contributed by atoms with E-state index in [2.05, 4.69) is 5.32 Å². The number of hydrogen-bond acceptors (Lipinski definition) is 7. The van der Waals surface area contributed by atoms with E-state index < -0.39 is 17.8 Å². The maximum Gasteiger partial charge on any atom is 0.348 e. The third-order valence-electron chi connectivity index (χ3n) is 4.95. The average Bonchev–Trinajstić information content (AvgIpc) is 3.14. The molecule has 0 saturated heterocycles. The number of esters is 2. The molecule has 0 radical (unpaired) electrons. The molecule has 1 aromatic heterocycles. The second-order valence-corrected chi connectivity index (χ2v) is 8.45. The molecule has 3 aromatic rings. The van der Waals surface area contributed by atoms with Crippen molar-refractivity contribution in [3.8, 4) is 16.9 Å². The molecule has 0 aliphatic heterocycles. The zero-order chi connectivity index (χ0) is 24.7. The molecule has 2 aromatic carbocycles. The molecule has 0 bridgehead atoms. The summed E-state index contributed by atoms with van der Waals surface area (Å²) in [7, 11) is 0. The first kappa shape index (κ1) is 25.0. The third kappa shape index (κ3) is 6.02. The number of carbonyl (C=O) groups is 3. The standard InChI is InChI=1S/C26H27NO6S/c1-5-31-25(29)22-17(4)23(26(30)32-6-2)34-24(22)27-21(28)15-33-20-13-11-19(12-14-20)18-9-7-16(3)8-10-18/h7-14H,5-6,15H2,1-4H3,(H,27,28). The molecule has 0 saturated carbocycles. The monoisotopic (exact) mass is 481 g/mol. The number of amides is 1. The Balaban J connectivity index is 1.69. The molecule has 178 valence electrons. The molecule has 0 unspecified atom stereocenters. The van der Waals surface area contributed by atoms with Gasteiger partial charge in [0.15, 0.2) is 6.61 Å². The summed E-state index contributed by atoms with van der Waals surface area (Å²) in [5.74, 6) is -1.10. The minimum absolute atomic E-state index is 0.144. The van der Waals surface area contributed by atoms with Crippen LogP contribution in [0.5, 0.6) is 5.75 Å². The molecule has 0 aliphatic rings. The number of aryl methyl sites for hydroxylation is 1. The van der Waals surface area contributed by atoms with Crippen molar-refractivity contribution < 1.29 is 28.6 Å². The van der Waals surface area contributed by atoms with Crippen molar-refractivity contribution in [1.29, 1.82) is 0 Å². The van der Waals surface area contributed by atoms with Crippen LogP contribution in [0.25, 0.3) is 11.1 Å². The number of hydrogen-bond donors (Lipinski definition) is 1. The fourth-order valence-corrected chi connectivity index (χ4v) is 4.35. The Labute approximate surface area is 202 Å². The van der Waals surface area contributed by atoms with Crippen molar-refractivity contribution >= 4 is 34.2 Å². The number of thiophene rings is 1. The molecule has 34 heavy (non-hydrogen) atoms. The number of carbonyl (C=O) groups excluding carboxylic acids is 3. The first-order chi connectivity index (χ1) is 16.3. The fraction of sp³-hybridized carbons (Fsp3) is 0.269. The minimum atomic E-state index is -0.616. The van der Waals surface area contributed by atoms with Crippen LogP contribution in [-0.4, -0.2) is 37.7 Å². The van der Waals surface area contributed by atoms with Gasteiger partial charge in [-0.05, 0) is 56.5 Å². The summed E-state index contributed by atoms with van der Waals surface area (Å²) in [6.07, 6.45) is 0. The van der Waals surface area contributed by atoms with Gasteiger partial charge in [-0.15, -0.1) is 11.3 Å². The van der Waals surface area contributed by atoms with Gasteiger partial charge in [-0.3, -0.25) is 4.79 Å². The van der Waals surface area contributed by atoms with Crippen LogP contribution in [0.2, 0.25) is 0 Å². The molecule has 0 aliphatic carbocycles. The van der Waals surface area contributed by atoms with Gasteiger partial charge in [0.05, 0.1) is 18.8 Å². The summed E-state index contributed by atoms with van der Waals surface area (Å²) in [6.45, 7) is 7.13. The summed E-state index contributed by atoms with van der Waals surface area (Å²) < 4.78 is 15.8. The first-order valence-electron chi connectivity index (χ1n) is 10.9. The number of nitrogens with one attached hydrogen (secondary N) is 1. The first-order valence-corrected chi connectivity index (χ1v) is 11.7. The summed E-state index contributed by atoms with van der Waals surface area (Å²) in [5, 5.41) is 2.89. The number of anilines is 1. The van der Waals surface area contributed by atoms with Crippen LogP contribution in [0.4, 0.5) is 5.00 Å². The molecule has 0 fully saturated rings. The quantitative estimate of drug-likeness (QED) is 0.411. The molecule has 3 rings (SSSR count). The highest BCUT2D eigenvalue weighted by Gasteiger charge is 2.27. The van der Waals surface area contributed by atoms with E-state index in [4.69, 9.17) is 14.2 Å². The molecular weight excluding hydrogens is 454 g/mol. The summed E-state index contributed by atoms with van der Waals surface area (Å²) >= 11 is 0.976. The van der Waals surface area contributed by atoms with E-state index in [1.54, 1.807) is 32.9 Å². The van der Waals surface area contributed by atoms with Gasteiger partial charge in [0.2, 0.25) is 0 Å². The Kier molecular flexibility index (Phi) is 8.43. The van der Waals surface area contributed by atoms with Crippen molar-refractivity contribution in [2.45, 2.75) is 27.7 Å². The Morgan fingerprint density at radius 3 is 1.97 bits per heavy atom. The highest BCUT2D eigenvalue weighted by atomic mass is 32.1. The summed E-state index contributed by atoms with van der Waals surface area (Å²) in [4.78, 5) is 37.5. The molecule has 1 amide bonds. The van der Waals surface area contributed by atoms with Crippen LogP contribution in [-0.2, 0) is 14.3 Å². The predicted molar refractivity (Wildman–Crippen MR) is 132 cm³/mol. The summed E-state index contributed by atoms with van der Waals surface area (Å²) in [6, 6.07) is 15.6. The van der Waals surface area contributed by atoms with Crippen molar-refractivity contribution in [1.82, 2.24) is 0 Å². The van der Waals surface area contributed by atoms with Crippen LogP contribution >= 0.6 is 11.3 Å². The van der Waals surface area contributed by atoms with Gasteiger partial charge >= 0.3 is 11.9 Å². The van der Waals surface area contributed by atoms with Crippen molar-refractivity contribution in [3.05, 3.63) is 70.1 Å². The highest BCUT2D eigenvalue weighted by molar-refractivity contribution is 7.18. The lowest BCUT2D eigenvalue weighted by Crippen LogP contribution is -2.21. The molecule has 1 heterocycles. The van der Waals surface area contributed by atoms with Crippen LogP contribution in [0.3, 0.4) is 0 Å². The van der Waals surface area contributed by atoms with Crippen LogP contribution in [0.1, 0.15) is 45.0 Å². The lowest BCUT2D eigenvalue weighted by Gasteiger charge is -2.09. The van der Waals surface area contributed by atoms with Gasteiger partial charge in [0, 0.05) is 0 Å². The normalized spacial score (nSPS) is 10.5. The number of benzene rings is 2. The van der Waals surface area contributed by atoms with Crippen LogP contribution in [0.15, 0.2) is 48.5 Å². The molecule has 7 nitrogen and oxygen atoms in total. The minimum Gasteiger partial charge on any atom is -0.484 e. The van der Waals surface area contributed by atoms with E-state index in [0.717, 1.165) is 22.5 Å². The van der Waals surface area contributed by atoms with Crippen molar-refractivity contribution in [3.63, 3.8) is 0 Å². The number of ether oxygens (including phenoxy) is 3. The fourth-order valence-electron chi connectivity index (χ4n) is 3.24. The lowest BCUT2D eigenvalue weighted by atomic mass is 10.0. The van der Waals surface area contributed by atoms with Crippen LogP contribution < -0.4 is 10.1 Å². The molecule has 0 spiro atoms. The van der Waals surface area contributed by atoms with Gasteiger partial charge < -0.3 is 19.5 Å². The SMILES string of the molecule is CCOC(=O)c1sc(NC(=O)COc2ccc(-c3ccc(C)cc3)cc2)c(C(=O)OCC)c1C. The topological polar surface area (TPSA) is 90.9 Å². The zero-order valence-electron chi connectivity index (χ0n) is 19.6. The summed E-state index contributed by atoms with van der Waals surface area (Å²) in [5.41, 5.74) is 3.87. The third-order valence-corrected chi connectivity index (χ3v) is 6.14.